The van der Waals surface area contributed by atoms with Crippen molar-refractivity contribution in [1.82, 2.24) is 25.3 Å². The molecule has 6 nitrogen and oxygen atoms in total. The number of aromatic nitrogens is 4. The molecule has 0 atom stereocenters. The number of H-pyrrole nitrogens is 1. The van der Waals surface area contributed by atoms with Gasteiger partial charge in [-0.3, -0.25) is 14.6 Å². The number of aryl methyl sites for hydroxylation is 1. The van der Waals surface area contributed by atoms with Crippen LogP contribution in [0.1, 0.15) is 36.2 Å². The molecule has 1 saturated carbocycles. The maximum absolute atomic E-state index is 14.4. The molecule has 3 aromatic rings. The molecule has 0 radical (unpaired) electrons. The summed E-state index contributed by atoms with van der Waals surface area (Å²) >= 11 is 0. The molecule has 1 amide bonds. The summed E-state index contributed by atoms with van der Waals surface area (Å²) in [5.41, 5.74) is 1.40. The molecule has 4 rings (SSSR count). The third-order valence-corrected chi connectivity index (χ3v) is 4.93. The Balaban J connectivity index is 1.61. The van der Waals surface area contributed by atoms with Gasteiger partial charge in [-0.15, -0.1) is 0 Å². The van der Waals surface area contributed by atoms with Crippen LogP contribution in [-0.4, -0.2) is 37.8 Å². The lowest BCUT2D eigenvalue weighted by molar-refractivity contribution is -0.0399. The van der Waals surface area contributed by atoms with Gasteiger partial charge in [-0.1, -0.05) is 0 Å². The molecule has 0 saturated heterocycles. The average molecular weight is 377 g/mol. The van der Waals surface area contributed by atoms with Gasteiger partial charge < -0.3 is 5.32 Å². The summed E-state index contributed by atoms with van der Waals surface area (Å²) in [7, 11) is 1.73. The predicted octanol–water partition coefficient (Wildman–Crippen LogP) is 3.41. The molecular weight excluding hydrogens is 359 g/mol. The normalized spacial score (nSPS) is 17.3. The van der Waals surface area contributed by atoms with Crippen LogP contribution in [0.5, 0.6) is 0 Å². The summed E-state index contributed by atoms with van der Waals surface area (Å²) in [4.78, 5) is 12.6. The van der Waals surface area contributed by atoms with Crippen molar-refractivity contribution < 1.29 is 18.0 Å². The second-order valence-electron chi connectivity index (χ2n) is 6.96. The van der Waals surface area contributed by atoms with E-state index in [4.69, 9.17) is 0 Å². The molecule has 1 aliphatic rings. The second kappa shape index (κ2) is 6.40. The average Bonchev–Trinajstić information content (AvgIpc) is 3.21. The van der Waals surface area contributed by atoms with Crippen molar-refractivity contribution in [2.45, 2.75) is 37.6 Å². The van der Waals surface area contributed by atoms with E-state index in [1.54, 1.807) is 24.0 Å². The van der Waals surface area contributed by atoms with Crippen molar-refractivity contribution >= 4 is 16.8 Å². The first kappa shape index (κ1) is 17.6. The molecule has 2 N–H and O–H groups in total. The Morgan fingerprint density at radius 1 is 1.33 bits per heavy atom. The van der Waals surface area contributed by atoms with Crippen LogP contribution in [0.3, 0.4) is 0 Å². The zero-order valence-corrected chi connectivity index (χ0v) is 14.6. The highest BCUT2D eigenvalue weighted by Crippen LogP contribution is 2.33. The van der Waals surface area contributed by atoms with Gasteiger partial charge in [0.15, 0.2) is 5.69 Å². The number of benzene rings is 1. The van der Waals surface area contributed by atoms with Crippen LogP contribution in [-0.2, 0) is 7.05 Å². The third-order valence-electron chi connectivity index (χ3n) is 4.93. The number of halogens is 3. The smallest absolute Gasteiger partial charge is 0.272 e. The number of amides is 1. The SMILES string of the molecule is Cn1cc(-c2cc3c(C(=O)NC4CCC(F)(F)CC4)n[nH]c3cc2F)cn1. The van der Waals surface area contributed by atoms with Crippen LogP contribution in [0, 0.1) is 5.82 Å². The lowest BCUT2D eigenvalue weighted by atomic mass is 9.92. The van der Waals surface area contributed by atoms with E-state index in [2.05, 4.69) is 20.6 Å². The molecule has 0 unspecified atom stereocenters. The number of fused-ring (bicyclic) bond motifs is 1. The number of hydrogen-bond donors (Lipinski definition) is 2. The maximum Gasteiger partial charge on any atom is 0.272 e. The molecule has 1 aromatic carbocycles. The fourth-order valence-electron chi connectivity index (χ4n) is 3.43. The van der Waals surface area contributed by atoms with Crippen LogP contribution in [0.25, 0.3) is 22.0 Å². The van der Waals surface area contributed by atoms with E-state index < -0.39 is 17.6 Å². The van der Waals surface area contributed by atoms with Crippen LogP contribution in [0.15, 0.2) is 24.5 Å². The summed E-state index contributed by atoms with van der Waals surface area (Å²) in [6.07, 6.45) is 3.16. The first-order chi connectivity index (χ1) is 12.8. The van der Waals surface area contributed by atoms with E-state index >= 15 is 0 Å². The van der Waals surface area contributed by atoms with E-state index in [0.717, 1.165) is 0 Å². The zero-order valence-electron chi connectivity index (χ0n) is 14.6. The predicted molar refractivity (Wildman–Crippen MR) is 92.9 cm³/mol. The number of hydrogen-bond acceptors (Lipinski definition) is 3. The number of alkyl halides is 2. The lowest BCUT2D eigenvalue weighted by Crippen LogP contribution is -2.40. The van der Waals surface area contributed by atoms with Crippen molar-refractivity contribution in [3.8, 4) is 11.1 Å². The Hall–Kier alpha value is -2.84. The molecule has 142 valence electrons. The molecule has 2 aromatic heterocycles. The molecule has 0 spiro atoms. The fraction of sp³-hybridized carbons (Fsp3) is 0.389. The minimum Gasteiger partial charge on any atom is -0.348 e. The summed E-state index contributed by atoms with van der Waals surface area (Å²) in [6, 6.07) is 2.51. The van der Waals surface area contributed by atoms with Gasteiger partial charge in [0.1, 0.15) is 5.82 Å². The monoisotopic (exact) mass is 377 g/mol. The lowest BCUT2D eigenvalue weighted by Gasteiger charge is -2.28. The summed E-state index contributed by atoms with van der Waals surface area (Å²) in [5.74, 6) is -3.57. The Kier molecular flexibility index (Phi) is 4.16. The van der Waals surface area contributed by atoms with Gasteiger partial charge in [0, 0.05) is 54.7 Å². The number of carbonyl (C=O) groups excluding carboxylic acids is 1. The molecule has 2 heterocycles. The first-order valence-corrected chi connectivity index (χ1v) is 8.68. The summed E-state index contributed by atoms with van der Waals surface area (Å²) in [6.45, 7) is 0. The summed E-state index contributed by atoms with van der Waals surface area (Å²) < 4.78 is 42.5. The minimum atomic E-state index is -2.66. The van der Waals surface area contributed by atoms with E-state index in [0.29, 0.717) is 22.0 Å². The van der Waals surface area contributed by atoms with Crippen LogP contribution < -0.4 is 5.32 Å². The van der Waals surface area contributed by atoms with Gasteiger partial charge in [0.05, 0.1) is 11.7 Å². The molecule has 0 aliphatic heterocycles. The molecule has 1 fully saturated rings. The third kappa shape index (κ3) is 3.41. The Morgan fingerprint density at radius 2 is 2.07 bits per heavy atom. The van der Waals surface area contributed by atoms with Gasteiger partial charge in [-0.05, 0) is 18.9 Å². The van der Waals surface area contributed by atoms with Gasteiger partial charge >= 0.3 is 0 Å². The number of carbonyl (C=O) groups is 1. The van der Waals surface area contributed by atoms with Crippen molar-refractivity contribution in [2.75, 3.05) is 0 Å². The Bertz CT molecular complexity index is 1000. The molecule has 27 heavy (non-hydrogen) atoms. The van der Waals surface area contributed by atoms with Crippen LogP contribution in [0.4, 0.5) is 13.2 Å². The number of rotatable bonds is 3. The zero-order chi connectivity index (χ0) is 19.2. The Labute approximate surface area is 152 Å². The van der Waals surface area contributed by atoms with Crippen molar-refractivity contribution in [1.29, 1.82) is 0 Å². The van der Waals surface area contributed by atoms with E-state index in [-0.39, 0.29) is 37.4 Å². The molecular formula is C18H18F3N5O. The van der Waals surface area contributed by atoms with Gasteiger partial charge in [-0.2, -0.15) is 10.2 Å². The molecule has 1 aliphatic carbocycles. The van der Waals surface area contributed by atoms with E-state index in [1.165, 1.54) is 12.3 Å². The fourth-order valence-corrected chi connectivity index (χ4v) is 3.43. The highest BCUT2D eigenvalue weighted by Gasteiger charge is 2.35. The largest absolute Gasteiger partial charge is 0.348 e. The highest BCUT2D eigenvalue weighted by molar-refractivity contribution is 6.05. The number of aromatic amines is 1. The van der Waals surface area contributed by atoms with Crippen LogP contribution >= 0.6 is 0 Å². The van der Waals surface area contributed by atoms with Gasteiger partial charge in [-0.25, -0.2) is 13.2 Å². The van der Waals surface area contributed by atoms with Crippen LogP contribution in [0.2, 0.25) is 0 Å². The first-order valence-electron chi connectivity index (χ1n) is 8.68. The highest BCUT2D eigenvalue weighted by atomic mass is 19.3. The quantitative estimate of drug-likeness (QED) is 0.735. The topological polar surface area (TPSA) is 75.6 Å². The molecule has 0 bridgehead atoms. The number of nitrogens with zero attached hydrogens (tertiary/aromatic N) is 3. The maximum atomic E-state index is 14.4. The van der Waals surface area contributed by atoms with E-state index in [1.807, 2.05) is 0 Å². The van der Waals surface area contributed by atoms with Gasteiger partial charge in [0.25, 0.3) is 5.91 Å². The van der Waals surface area contributed by atoms with Crippen molar-refractivity contribution in [3.05, 3.63) is 36.0 Å². The molecule has 9 heteroatoms. The second-order valence-corrected chi connectivity index (χ2v) is 6.96. The Morgan fingerprint density at radius 3 is 2.74 bits per heavy atom. The van der Waals surface area contributed by atoms with Gasteiger partial charge in [0.2, 0.25) is 5.92 Å². The summed E-state index contributed by atoms with van der Waals surface area (Å²) in [5, 5.41) is 13.9. The number of nitrogens with one attached hydrogen (secondary N) is 2. The van der Waals surface area contributed by atoms with Crippen molar-refractivity contribution in [3.63, 3.8) is 0 Å². The van der Waals surface area contributed by atoms with Crippen molar-refractivity contribution in [2.24, 2.45) is 7.05 Å². The minimum absolute atomic E-state index is 0.118. The standard InChI is InChI=1S/C18H18F3N5O/c1-26-9-10(8-22-26)12-6-13-15(7-14(12)19)24-25-16(13)17(27)23-11-2-4-18(20,21)5-3-11/h6-9,11H,2-5H2,1H3,(H,23,27)(H,24,25). The van der Waals surface area contributed by atoms with E-state index in [9.17, 15) is 18.0 Å².